The van der Waals surface area contributed by atoms with Gasteiger partial charge >= 0.3 is 0 Å². The molecule has 6 rings (SSSR count). The van der Waals surface area contributed by atoms with Gasteiger partial charge in [-0.1, -0.05) is 30.3 Å². The Balaban J connectivity index is 1.08. The van der Waals surface area contributed by atoms with Gasteiger partial charge in [0.15, 0.2) is 11.5 Å². The number of hydrogen-bond donors (Lipinski definition) is 2. The van der Waals surface area contributed by atoms with E-state index >= 15 is 0 Å². The molecular weight excluding hydrogens is 644 g/mol. The first kappa shape index (κ1) is 35.5. The highest BCUT2D eigenvalue weighted by atomic mass is 16.5. The molecule has 5 aromatic rings. The van der Waals surface area contributed by atoms with Crippen LogP contribution in [0.3, 0.4) is 0 Å². The lowest BCUT2D eigenvalue weighted by atomic mass is 9.93. The first-order chi connectivity index (χ1) is 24.9. The normalized spacial score (nSPS) is 14.2. The number of fused-ring (bicyclic) bond motifs is 1. The summed E-state index contributed by atoms with van der Waals surface area (Å²) in [4.78, 5) is 31.0. The number of para-hydroxylation sites is 1. The Morgan fingerprint density at radius 3 is 2.39 bits per heavy atom. The number of carbonyl (C=O) groups excluding carboxylic acids is 1. The van der Waals surface area contributed by atoms with Gasteiger partial charge < -0.3 is 39.0 Å². The zero-order chi connectivity index (χ0) is 35.7. The second-order valence-corrected chi connectivity index (χ2v) is 13.0. The van der Waals surface area contributed by atoms with E-state index in [1.807, 2.05) is 43.6 Å². The Morgan fingerprint density at radius 2 is 1.71 bits per heavy atom. The number of nitrogens with zero attached hydrogens (tertiary/aromatic N) is 4. The third-order valence-corrected chi connectivity index (χ3v) is 9.73. The molecule has 268 valence electrons. The molecule has 0 saturated carbocycles. The SMILES string of the molecule is COc1cccc(C(CCN2CCC(Nc3nc4c(Cc5ccccn5)cccc4[nH]3)CC2)CN(C)C(=O)c2cc(OC)c(OC)c(OC)c2)c1. The molecule has 1 aliphatic rings. The highest BCUT2D eigenvalue weighted by molar-refractivity contribution is 5.95. The van der Waals surface area contributed by atoms with E-state index in [1.165, 1.54) is 0 Å². The number of imidazole rings is 1. The summed E-state index contributed by atoms with van der Waals surface area (Å²) in [7, 11) is 8.17. The molecule has 1 unspecified atom stereocenters. The number of H-pyrrole nitrogens is 1. The third kappa shape index (κ3) is 8.54. The first-order valence-electron chi connectivity index (χ1n) is 17.4. The number of amides is 1. The minimum absolute atomic E-state index is 0.0998. The summed E-state index contributed by atoms with van der Waals surface area (Å²) in [6.45, 7) is 3.42. The largest absolute Gasteiger partial charge is 0.497 e. The second kappa shape index (κ2) is 16.6. The molecule has 1 aliphatic heterocycles. The number of methoxy groups -OCH3 is 4. The third-order valence-electron chi connectivity index (χ3n) is 9.73. The zero-order valence-corrected chi connectivity index (χ0v) is 30.1. The number of likely N-dealkylation sites (N-methyl/N-ethyl adjacent to an activating group) is 1. The number of anilines is 1. The molecule has 11 heteroatoms. The van der Waals surface area contributed by atoms with Crippen LogP contribution in [0.1, 0.15) is 52.4 Å². The fourth-order valence-corrected chi connectivity index (χ4v) is 6.93. The van der Waals surface area contributed by atoms with Crippen LogP contribution in [0.2, 0.25) is 0 Å². The molecule has 2 aromatic heterocycles. The lowest BCUT2D eigenvalue weighted by molar-refractivity contribution is 0.0781. The molecule has 3 aromatic carbocycles. The predicted octanol–water partition coefficient (Wildman–Crippen LogP) is 6.41. The molecule has 2 N–H and O–H groups in total. The Hall–Kier alpha value is -5.29. The van der Waals surface area contributed by atoms with Crippen molar-refractivity contribution in [1.82, 2.24) is 24.8 Å². The Kier molecular flexibility index (Phi) is 11.6. The quantitative estimate of drug-likeness (QED) is 0.129. The van der Waals surface area contributed by atoms with Crippen LogP contribution in [0.5, 0.6) is 23.0 Å². The van der Waals surface area contributed by atoms with Gasteiger partial charge in [-0.15, -0.1) is 0 Å². The van der Waals surface area contributed by atoms with Gasteiger partial charge in [-0.25, -0.2) is 4.98 Å². The molecule has 11 nitrogen and oxygen atoms in total. The highest BCUT2D eigenvalue weighted by Gasteiger charge is 2.25. The lowest BCUT2D eigenvalue weighted by Crippen LogP contribution is -2.40. The molecule has 0 bridgehead atoms. The van der Waals surface area contributed by atoms with E-state index in [-0.39, 0.29) is 11.8 Å². The summed E-state index contributed by atoms with van der Waals surface area (Å²) >= 11 is 0. The van der Waals surface area contributed by atoms with Crippen molar-refractivity contribution in [1.29, 1.82) is 0 Å². The van der Waals surface area contributed by atoms with Gasteiger partial charge in [-0.3, -0.25) is 9.78 Å². The maximum Gasteiger partial charge on any atom is 0.253 e. The van der Waals surface area contributed by atoms with E-state index < -0.39 is 0 Å². The molecular formula is C40H48N6O5. The van der Waals surface area contributed by atoms with Gasteiger partial charge in [0.05, 0.1) is 39.5 Å². The van der Waals surface area contributed by atoms with Crippen LogP contribution in [0.25, 0.3) is 11.0 Å². The van der Waals surface area contributed by atoms with Crippen molar-refractivity contribution in [3.63, 3.8) is 0 Å². The Labute approximate surface area is 299 Å². The number of hydrogen-bond acceptors (Lipinski definition) is 9. The Bertz CT molecular complexity index is 1880. The molecule has 1 fully saturated rings. The van der Waals surface area contributed by atoms with Gasteiger partial charge in [-0.05, 0) is 79.4 Å². The average molecular weight is 693 g/mol. The number of benzene rings is 3. The summed E-state index contributed by atoms with van der Waals surface area (Å²) < 4.78 is 22.0. The van der Waals surface area contributed by atoms with Crippen LogP contribution in [0, 0.1) is 0 Å². The molecule has 0 aliphatic carbocycles. The lowest BCUT2D eigenvalue weighted by Gasteiger charge is -2.34. The smallest absolute Gasteiger partial charge is 0.253 e. The molecule has 3 heterocycles. The summed E-state index contributed by atoms with van der Waals surface area (Å²) in [6, 6.07) is 24.2. The van der Waals surface area contributed by atoms with Crippen LogP contribution in [-0.4, -0.2) is 98.4 Å². The minimum atomic E-state index is -0.122. The van der Waals surface area contributed by atoms with E-state index in [2.05, 4.69) is 50.5 Å². The summed E-state index contributed by atoms with van der Waals surface area (Å²) in [5, 5.41) is 3.67. The standard InChI is InChI=1S/C40H48N6O5/c1-45(39(47)30-24-35(49-3)38(51-5)36(25-30)50-4)26-29(27-10-8-13-33(23-27)48-2)15-19-46-20-16-31(17-21-46)42-40-43-34-14-9-11-28(37(34)44-40)22-32-12-6-7-18-41-32/h6-14,18,23-25,29,31H,15-17,19-22,26H2,1-5H3,(H2,42,43,44). The number of piperidine rings is 1. The van der Waals surface area contributed by atoms with E-state index in [9.17, 15) is 4.79 Å². The highest BCUT2D eigenvalue weighted by Crippen LogP contribution is 2.38. The van der Waals surface area contributed by atoms with Gasteiger partial charge in [0, 0.05) is 62.5 Å². The molecule has 51 heavy (non-hydrogen) atoms. The summed E-state index contributed by atoms with van der Waals surface area (Å²) in [5.74, 6) is 2.94. The van der Waals surface area contributed by atoms with Crippen LogP contribution in [0.15, 0.2) is 79.0 Å². The number of aromatic amines is 1. The monoisotopic (exact) mass is 692 g/mol. The molecule has 1 saturated heterocycles. The topological polar surface area (TPSA) is 114 Å². The van der Waals surface area contributed by atoms with Crippen molar-refractivity contribution < 1.29 is 23.7 Å². The van der Waals surface area contributed by atoms with Gasteiger partial charge in [0.2, 0.25) is 11.7 Å². The predicted molar refractivity (Wildman–Crippen MR) is 200 cm³/mol. The first-order valence-corrected chi connectivity index (χ1v) is 17.4. The molecule has 0 spiro atoms. The van der Waals surface area contributed by atoms with Crippen LogP contribution in [0.4, 0.5) is 5.95 Å². The molecule has 1 atom stereocenters. The van der Waals surface area contributed by atoms with Gasteiger partial charge in [-0.2, -0.15) is 0 Å². The van der Waals surface area contributed by atoms with Crippen molar-refractivity contribution in [2.45, 2.75) is 37.6 Å². The number of rotatable bonds is 15. The molecule has 0 radical (unpaired) electrons. The zero-order valence-electron chi connectivity index (χ0n) is 30.1. The summed E-state index contributed by atoms with van der Waals surface area (Å²) in [6.07, 6.45) is 5.49. The van der Waals surface area contributed by atoms with E-state index in [1.54, 1.807) is 45.5 Å². The minimum Gasteiger partial charge on any atom is -0.497 e. The van der Waals surface area contributed by atoms with Crippen molar-refractivity contribution >= 4 is 22.9 Å². The van der Waals surface area contributed by atoms with Gasteiger partial charge in [0.1, 0.15) is 5.75 Å². The Morgan fingerprint density at radius 1 is 0.941 bits per heavy atom. The fourth-order valence-electron chi connectivity index (χ4n) is 6.93. The van der Waals surface area contributed by atoms with Crippen LogP contribution >= 0.6 is 0 Å². The number of ether oxygens (including phenoxy) is 4. The number of pyridine rings is 1. The molecule has 1 amide bonds. The van der Waals surface area contributed by atoms with E-state index in [4.69, 9.17) is 23.9 Å². The van der Waals surface area contributed by atoms with Crippen LogP contribution < -0.4 is 24.3 Å². The summed E-state index contributed by atoms with van der Waals surface area (Å²) in [5.41, 5.74) is 5.82. The van der Waals surface area contributed by atoms with Gasteiger partial charge in [0.25, 0.3) is 5.91 Å². The second-order valence-electron chi connectivity index (χ2n) is 13.0. The maximum atomic E-state index is 13.7. The van der Waals surface area contributed by atoms with Crippen molar-refractivity contribution in [3.8, 4) is 23.0 Å². The van der Waals surface area contributed by atoms with Crippen molar-refractivity contribution in [2.75, 3.05) is 67.0 Å². The number of nitrogens with one attached hydrogen (secondary N) is 2. The maximum absolute atomic E-state index is 13.7. The van der Waals surface area contributed by atoms with Crippen LogP contribution in [-0.2, 0) is 6.42 Å². The number of carbonyl (C=O) groups is 1. The fraction of sp³-hybridized carbons (Fsp3) is 0.375. The van der Waals surface area contributed by atoms with E-state index in [0.717, 1.165) is 84.9 Å². The number of likely N-dealkylation sites (tertiary alicyclic amines) is 1. The van der Waals surface area contributed by atoms with Crippen molar-refractivity contribution in [2.24, 2.45) is 0 Å². The number of aromatic nitrogens is 3. The van der Waals surface area contributed by atoms with Crippen molar-refractivity contribution in [3.05, 3.63) is 101 Å². The average Bonchev–Trinajstić information content (AvgIpc) is 3.59. The van der Waals surface area contributed by atoms with E-state index in [0.29, 0.717) is 35.4 Å².